The number of nitrogens with zero attached hydrogens (tertiary/aromatic N) is 1. The van der Waals surface area contributed by atoms with Crippen molar-refractivity contribution in [1.82, 2.24) is 9.55 Å². The maximum atomic E-state index is 13.4. The quantitative estimate of drug-likeness (QED) is 0.213. The maximum Gasteiger partial charge on any atom is 0.312 e. The Bertz CT molecular complexity index is 1890. The molecule has 37 heavy (non-hydrogen) atoms. The number of hydrogen-bond acceptors (Lipinski definition) is 5. The molecule has 0 amide bonds. The van der Waals surface area contributed by atoms with E-state index in [0.717, 1.165) is 21.9 Å². The zero-order chi connectivity index (χ0) is 25.3. The molecular formula is C30H20N2O5. The number of aromatic nitrogens is 2. The Kier molecular flexibility index (Phi) is 4.50. The third kappa shape index (κ3) is 3.24. The fourth-order valence-electron chi connectivity index (χ4n) is 5.42. The number of aryl methyl sites for hydroxylation is 1. The van der Waals surface area contributed by atoms with E-state index in [1.165, 1.54) is 0 Å². The van der Waals surface area contributed by atoms with Crippen LogP contribution >= 0.6 is 0 Å². The first-order valence-electron chi connectivity index (χ1n) is 12.0. The van der Waals surface area contributed by atoms with Crippen molar-refractivity contribution in [2.45, 2.75) is 12.3 Å². The number of hydrogen-bond donors (Lipinski definition) is 1. The number of carbonyl (C=O) groups is 2. The van der Waals surface area contributed by atoms with Crippen molar-refractivity contribution in [2.75, 3.05) is 0 Å². The molecule has 2 aliphatic rings. The van der Waals surface area contributed by atoms with Crippen molar-refractivity contribution in [3.63, 3.8) is 0 Å². The first-order chi connectivity index (χ1) is 18.0. The molecule has 0 aliphatic carbocycles. The van der Waals surface area contributed by atoms with Gasteiger partial charge in [-0.25, -0.2) is 0 Å². The number of fused-ring (bicyclic) bond motifs is 5. The molecule has 7 heteroatoms. The Morgan fingerprint density at radius 2 is 1.78 bits per heavy atom. The van der Waals surface area contributed by atoms with E-state index in [1.807, 2.05) is 66.3 Å². The third-order valence-electron chi connectivity index (χ3n) is 7.15. The van der Waals surface area contributed by atoms with E-state index >= 15 is 0 Å². The molecule has 0 radical (unpaired) electrons. The molecular weight excluding hydrogens is 468 g/mol. The highest BCUT2D eigenvalue weighted by Gasteiger charge is 2.39. The van der Waals surface area contributed by atoms with E-state index in [0.29, 0.717) is 33.7 Å². The van der Waals surface area contributed by atoms with Crippen LogP contribution in [0.15, 0.2) is 83.5 Å². The summed E-state index contributed by atoms with van der Waals surface area (Å²) in [5.41, 5.74) is 3.65. The fourth-order valence-corrected chi connectivity index (χ4v) is 5.42. The highest BCUT2D eigenvalue weighted by Crippen LogP contribution is 2.48. The minimum absolute atomic E-state index is 0.0369. The van der Waals surface area contributed by atoms with Crippen LogP contribution in [0.25, 0.3) is 27.9 Å². The van der Waals surface area contributed by atoms with Crippen LogP contribution in [0.3, 0.4) is 0 Å². The summed E-state index contributed by atoms with van der Waals surface area (Å²) in [4.78, 5) is 42.0. The predicted molar refractivity (Wildman–Crippen MR) is 139 cm³/mol. The maximum absolute atomic E-state index is 13.4. The molecule has 0 bridgehead atoms. The van der Waals surface area contributed by atoms with Crippen LogP contribution < -0.4 is 15.0 Å². The molecule has 0 spiro atoms. The topological polar surface area (TPSA) is 90.4 Å². The van der Waals surface area contributed by atoms with Crippen LogP contribution in [-0.4, -0.2) is 21.3 Å². The summed E-state index contributed by atoms with van der Waals surface area (Å²) in [5.74, 6) is -0.507. The fraction of sp³-hybridized carbons (Fsp3) is 0.100. The van der Waals surface area contributed by atoms with Crippen molar-refractivity contribution in [1.29, 1.82) is 0 Å². The van der Waals surface area contributed by atoms with Gasteiger partial charge in [0.25, 0.3) is 5.56 Å². The minimum Gasteiger partial charge on any atom is -0.452 e. The molecule has 4 heterocycles. The SMILES string of the molecule is Cn1cc(/C=C2/Oc3c(ccc4c3[C@@H](c3cc5ccccc5[nH]c3=O)CC(=O)O4)C2=O)c2ccccc21. The molecule has 7 rings (SSSR count). The van der Waals surface area contributed by atoms with E-state index < -0.39 is 11.9 Å². The van der Waals surface area contributed by atoms with Gasteiger partial charge in [-0.15, -0.1) is 0 Å². The monoisotopic (exact) mass is 488 g/mol. The van der Waals surface area contributed by atoms with Crippen LogP contribution in [0.4, 0.5) is 0 Å². The number of carbonyl (C=O) groups excluding carboxylic acids is 2. The Hall–Kier alpha value is -4.91. The average Bonchev–Trinajstić information content (AvgIpc) is 3.39. The van der Waals surface area contributed by atoms with Gasteiger partial charge >= 0.3 is 5.97 Å². The van der Waals surface area contributed by atoms with Gasteiger partial charge in [0.2, 0.25) is 5.78 Å². The zero-order valence-electron chi connectivity index (χ0n) is 19.8. The number of allylic oxidation sites excluding steroid dienone is 1. The Balaban J connectivity index is 1.38. The number of nitrogens with one attached hydrogen (secondary N) is 1. The van der Waals surface area contributed by atoms with Gasteiger partial charge in [0, 0.05) is 52.3 Å². The first-order valence-corrected chi connectivity index (χ1v) is 12.0. The second-order valence-electron chi connectivity index (χ2n) is 9.38. The summed E-state index contributed by atoms with van der Waals surface area (Å²) in [6.45, 7) is 0. The van der Waals surface area contributed by atoms with Crippen LogP contribution in [-0.2, 0) is 11.8 Å². The molecule has 7 nitrogen and oxygen atoms in total. The van der Waals surface area contributed by atoms with Gasteiger partial charge < -0.3 is 19.0 Å². The number of ketones is 1. The molecule has 0 saturated heterocycles. The number of esters is 1. The molecule has 1 N–H and O–H groups in total. The minimum atomic E-state index is -0.621. The molecule has 0 saturated carbocycles. The normalized spacial score (nSPS) is 17.6. The van der Waals surface area contributed by atoms with Crippen LogP contribution in [0.5, 0.6) is 11.5 Å². The van der Waals surface area contributed by atoms with E-state index in [4.69, 9.17) is 9.47 Å². The van der Waals surface area contributed by atoms with Crippen LogP contribution in [0, 0.1) is 0 Å². The number of rotatable bonds is 2. The Labute approximate surface area is 210 Å². The molecule has 1 atom stereocenters. The van der Waals surface area contributed by atoms with E-state index in [-0.39, 0.29) is 23.5 Å². The lowest BCUT2D eigenvalue weighted by Gasteiger charge is -2.26. The molecule has 3 aromatic carbocycles. The van der Waals surface area contributed by atoms with Crippen molar-refractivity contribution in [2.24, 2.45) is 7.05 Å². The number of H-pyrrole nitrogens is 1. The lowest BCUT2D eigenvalue weighted by atomic mass is 9.85. The standard InChI is InChI=1S/C30H20N2O5/c1-32-15-17(18-7-3-5-9-23(18)32)13-25-28(34)19-10-11-24-27(29(19)37-25)20(14-26(33)36-24)21-12-16-6-2-4-8-22(16)31-30(21)35/h2-13,15,20H,14H2,1H3,(H,31,35)/b25-13+/t20-/m1/s1. The molecule has 180 valence electrons. The van der Waals surface area contributed by atoms with Crippen molar-refractivity contribution in [3.05, 3.63) is 111 Å². The van der Waals surface area contributed by atoms with Gasteiger partial charge in [-0.3, -0.25) is 14.4 Å². The summed E-state index contributed by atoms with van der Waals surface area (Å²) >= 11 is 0. The van der Waals surface area contributed by atoms with Gasteiger partial charge in [-0.05, 0) is 41.8 Å². The van der Waals surface area contributed by atoms with E-state index in [9.17, 15) is 14.4 Å². The molecule has 2 aromatic heterocycles. The number of aromatic amines is 1. The third-order valence-corrected chi connectivity index (χ3v) is 7.15. The number of para-hydroxylation sites is 2. The van der Waals surface area contributed by atoms with E-state index in [1.54, 1.807) is 24.3 Å². The van der Waals surface area contributed by atoms with Crippen LogP contribution in [0.2, 0.25) is 0 Å². The molecule has 2 aliphatic heterocycles. The highest BCUT2D eigenvalue weighted by molar-refractivity contribution is 6.15. The average molecular weight is 488 g/mol. The van der Waals surface area contributed by atoms with Crippen molar-refractivity contribution >= 4 is 39.6 Å². The predicted octanol–water partition coefficient (Wildman–Crippen LogP) is 5.08. The highest BCUT2D eigenvalue weighted by atomic mass is 16.5. The summed E-state index contributed by atoms with van der Waals surface area (Å²) < 4.78 is 13.7. The van der Waals surface area contributed by atoms with Gasteiger partial charge in [-0.2, -0.15) is 0 Å². The number of pyridine rings is 1. The second-order valence-corrected chi connectivity index (χ2v) is 9.38. The second kappa shape index (κ2) is 7.80. The van der Waals surface area contributed by atoms with Gasteiger partial charge in [0.1, 0.15) is 11.5 Å². The zero-order valence-corrected chi connectivity index (χ0v) is 19.8. The summed E-state index contributed by atoms with van der Waals surface area (Å²) in [7, 11) is 1.95. The first kappa shape index (κ1) is 21.4. The molecule has 5 aromatic rings. The van der Waals surface area contributed by atoms with Crippen LogP contribution in [0.1, 0.15) is 39.4 Å². The number of ether oxygens (including phenoxy) is 2. The van der Waals surface area contributed by atoms with Gasteiger partial charge in [-0.1, -0.05) is 36.4 Å². The largest absolute Gasteiger partial charge is 0.452 e. The Morgan fingerprint density at radius 3 is 2.68 bits per heavy atom. The number of Topliss-reactive ketones (excluding diaryl/α,β-unsaturated/α-hetero) is 1. The Morgan fingerprint density at radius 1 is 0.973 bits per heavy atom. The molecule has 0 unspecified atom stereocenters. The smallest absolute Gasteiger partial charge is 0.312 e. The number of benzene rings is 3. The molecule has 0 fully saturated rings. The van der Waals surface area contributed by atoms with Crippen molar-refractivity contribution < 1.29 is 19.1 Å². The summed E-state index contributed by atoms with van der Waals surface area (Å²) in [5, 5.41) is 1.85. The van der Waals surface area contributed by atoms with Gasteiger partial charge in [0.15, 0.2) is 5.76 Å². The lowest BCUT2D eigenvalue weighted by molar-refractivity contribution is -0.135. The van der Waals surface area contributed by atoms with Gasteiger partial charge in [0.05, 0.1) is 12.0 Å². The lowest BCUT2D eigenvalue weighted by Crippen LogP contribution is -2.26. The summed E-state index contributed by atoms with van der Waals surface area (Å²) in [6, 6.07) is 20.4. The van der Waals surface area contributed by atoms with E-state index in [2.05, 4.69) is 4.98 Å². The summed E-state index contributed by atoms with van der Waals surface area (Å²) in [6.07, 6.45) is 3.65. The van der Waals surface area contributed by atoms with Crippen molar-refractivity contribution in [3.8, 4) is 11.5 Å².